The minimum atomic E-state index is 0.209. The lowest BCUT2D eigenvalue weighted by atomic mass is 9.95. The van der Waals surface area contributed by atoms with Gasteiger partial charge in [0.1, 0.15) is 11.6 Å². The molecule has 0 aromatic carbocycles. The smallest absolute Gasteiger partial charge is 0.151 e. The SMILES string of the molecule is C(Cc1nnn[nH]1)CC(CCc1nnn[nH]1)c1nnn[nH]1. The number of rotatable bonds is 8. The van der Waals surface area contributed by atoms with E-state index in [0.717, 1.165) is 49.6 Å². The maximum atomic E-state index is 4.01. The molecule has 3 aromatic rings. The van der Waals surface area contributed by atoms with Gasteiger partial charge < -0.3 is 0 Å². The molecule has 21 heavy (non-hydrogen) atoms. The Hall–Kier alpha value is -2.79. The molecular weight excluding hydrogens is 276 g/mol. The van der Waals surface area contributed by atoms with E-state index in [2.05, 4.69) is 61.9 Å². The van der Waals surface area contributed by atoms with Crippen LogP contribution in [0.25, 0.3) is 0 Å². The van der Waals surface area contributed by atoms with Gasteiger partial charge in [-0.05, 0) is 50.5 Å². The quantitative estimate of drug-likeness (QED) is 0.470. The molecular formula is C9H14N12. The highest BCUT2D eigenvalue weighted by molar-refractivity contribution is 4.93. The lowest BCUT2D eigenvalue weighted by Gasteiger charge is -2.11. The van der Waals surface area contributed by atoms with E-state index in [-0.39, 0.29) is 5.92 Å². The predicted octanol–water partition coefficient (Wildman–Crippen LogP) is -1.03. The molecule has 0 radical (unpaired) electrons. The second-order valence-corrected chi connectivity index (χ2v) is 4.61. The molecule has 0 fully saturated rings. The number of tetrazole rings is 3. The van der Waals surface area contributed by atoms with E-state index in [1.54, 1.807) is 0 Å². The molecule has 0 aliphatic heterocycles. The summed E-state index contributed by atoms with van der Waals surface area (Å²) in [4.78, 5) is 0. The molecule has 3 heterocycles. The molecule has 1 unspecified atom stereocenters. The first-order chi connectivity index (χ1) is 10.4. The van der Waals surface area contributed by atoms with E-state index < -0.39 is 0 Å². The second kappa shape index (κ2) is 6.58. The van der Waals surface area contributed by atoms with Crippen molar-refractivity contribution in [3.8, 4) is 0 Å². The number of H-pyrrole nitrogens is 3. The van der Waals surface area contributed by atoms with Gasteiger partial charge in [-0.2, -0.15) is 0 Å². The fourth-order valence-electron chi connectivity index (χ4n) is 2.15. The zero-order chi connectivity index (χ0) is 14.3. The average Bonchev–Trinajstić information content (AvgIpc) is 3.25. The first-order valence-electron chi connectivity index (χ1n) is 6.60. The van der Waals surface area contributed by atoms with Crippen molar-refractivity contribution >= 4 is 0 Å². The highest BCUT2D eigenvalue weighted by Gasteiger charge is 2.16. The van der Waals surface area contributed by atoms with Crippen LogP contribution in [0.2, 0.25) is 0 Å². The van der Waals surface area contributed by atoms with Crippen LogP contribution in [-0.4, -0.2) is 61.9 Å². The van der Waals surface area contributed by atoms with Crippen LogP contribution in [0.4, 0.5) is 0 Å². The third-order valence-corrected chi connectivity index (χ3v) is 3.22. The average molecular weight is 290 g/mol. The van der Waals surface area contributed by atoms with Gasteiger partial charge in [0.25, 0.3) is 0 Å². The maximum Gasteiger partial charge on any atom is 0.151 e. The molecule has 0 amide bonds. The lowest BCUT2D eigenvalue weighted by molar-refractivity contribution is 0.518. The zero-order valence-electron chi connectivity index (χ0n) is 11.1. The van der Waals surface area contributed by atoms with Crippen LogP contribution in [-0.2, 0) is 12.8 Å². The van der Waals surface area contributed by atoms with E-state index in [0.29, 0.717) is 0 Å². The molecule has 3 N–H and O–H groups in total. The number of aryl methyl sites for hydroxylation is 2. The molecule has 0 saturated heterocycles. The second-order valence-electron chi connectivity index (χ2n) is 4.61. The maximum absolute atomic E-state index is 4.01. The summed E-state index contributed by atoms with van der Waals surface area (Å²) < 4.78 is 0. The molecule has 0 saturated carbocycles. The highest BCUT2D eigenvalue weighted by Crippen LogP contribution is 2.23. The summed E-state index contributed by atoms with van der Waals surface area (Å²) >= 11 is 0. The summed E-state index contributed by atoms with van der Waals surface area (Å²) in [6.07, 6.45) is 4.22. The van der Waals surface area contributed by atoms with Crippen molar-refractivity contribution in [2.24, 2.45) is 0 Å². The Kier molecular flexibility index (Phi) is 4.14. The van der Waals surface area contributed by atoms with Gasteiger partial charge in [0.05, 0.1) is 0 Å². The van der Waals surface area contributed by atoms with Crippen LogP contribution in [0.15, 0.2) is 0 Å². The third kappa shape index (κ3) is 3.61. The lowest BCUT2D eigenvalue weighted by Crippen LogP contribution is -2.06. The van der Waals surface area contributed by atoms with Crippen LogP contribution in [0.1, 0.15) is 42.7 Å². The van der Waals surface area contributed by atoms with E-state index in [4.69, 9.17) is 0 Å². The van der Waals surface area contributed by atoms with Gasteiger partial charge in [-0.3, -0.25) is 0 Å². The summed E-state index contributed by atoms with van der Waals surface area (Å²) in [5.74, 6) is 2.52. The third-order valence-electron chi connectivity index (χ3n) is 3.22. The summed E-state index contributed by atoms with van der Waals surface area (Å²) in [5, 5.41) is 41.6. The highest BCUT2D eigenvalue weighted by atomic mass is 15.5. The molecule has 3 aromatic heterocycles. The molecule has 3 rings (SSSR count). The summed E-state index contributed by atoms with van der Waals surface area (Å²) in [6.45, 7) is 0. The summed E-state index contributed by atoms with van der Waals surface area (Å²) in [6, 6.07) is 0. The van der Waals surface area contributed by atoms with Gasteiger partial charge in [0, 0.05) is 18.8 Å². The molecule has 12 nitrogen and oxygen atoms in total. The van der Waals surface area contributed by atoms with Crippen molar-refractivity contribution in [2.75, 3.05) is 0 Å². The van der Waals surface area contributed by atoms with Crippen LogP contribution in [0.5, 0.6) is 0 Å². The van der Waals surface area contributed by atoms with Crippen LogP contribution in [0, 0.1) is 0 Å². The van der Waals surface area contributed by atoms with Crippen molar-refractivity contribution < 1.29 is 0 Å². The van der Waals surface area contributed by atoms with Gasteiger partial charge in [-0.1, -0.05) is 0 Å². The van der Waals surface area contributed by atoms with Gasteiger partial charge in [-0.25, -0.2) is 15.3 Å². The van der Waals surface area contributed by atoms with Crippen molar-refractivity contribution in [1.29, 1.82) is 0 Å². The number of hydrogen-bond donors (Lipinski definition) is 3. The monoisotopic (exact) mass is 290 g/mol. The van der Waals surface area contributed by atoms with E-state index in [1.807, 2.05) is 0 Å². The summed E-state index contributed by atoms with van der Waals surface area (Å²) in [7, 11) is 0. The molecule has 12 heteroatoms. The van der Waals surface area contributed by atoms with Gasteiger partial charge in [-0.15, -0.1) is 15.3 Å². The van der Waals surface area contributed by atoms with Crippen LogP contribution < -0.4 is 0 Å². The number of nitrogens with one attached hydrogen (secondary N) is 3. The van der Waals surface area contributed by atoms with Gasteiger partial charge >= 0.3 is 0 Å². The van der Waals surface area contributed by atoms with Gasteiger partial charge in [0.15, 0.2) is 5.82 Å². The number of hydrogen-bond acceptors (Lipinski definition) is 9. The molecule has 0 bridgehead atoms. The van der Waals surface area contributed by atoms with Crippen LogP contribution in [0.3, 0.4) is 0 Å². The standard InChI is InChI=1S/C9H14N12/c1(3-7-10-16-17-11-7)2-6(9-14-20-21-15-9)4-5-8-12-18-19-13-8/h6H,1-5H2,(H,10,11,16,17)(H,12,13,18,19)(H,14,15,20,21). The Bertz CT molecular complexity index is 599. The van der Waals surface area contributed by atoms with Crippen molar-refractivity contribution in [2.45, 2.75) is 38.0 Å². The normalized spacial score (nSPS) is 12.6. The molecule has 1 atom stereocenters. The molecule has 0 aliphatic rings. The fourth-order valence-corrected chi connectivity index (χ4v) is 2.15. The first kappa shape index (κ1) is 13.2. The van der Waals surface area contributed by atoms with E-state index in [9.17, 15) is 0 Å². The topological polar surface area (TPSA) is 163 Å². The van der Waals surface area contributed by atoms with Gasteiger partial charge in [0.2, 0.25) is 0 Å². The largest absolute Gasteiger partial charge is 0.243 e. The number of aromatic nitrogens is 12. The Labute approximate surface area is 118 Å². The van der Waals surface area contributed by atoms with Crippen LogP contribution >= 0.6 is 0 Å². The van der Waals surface area contributed by atoms with Crippen molar-refractivity contribution in [3.05, 3.63) is 17.5 Å². The number of nitrogens with zero attached hydrogens (tertiary/aromatic N) is 9. The fraction of sp³-hybridized carbons (Fsp3) is 0.667. The Morgan fingerprint density at radius 1 is 0.714 bits per heavy atom. The van der Waals surface area contributed by atoms with E-state index in [1.165, 1.54) is 0 Å². The first-order valence-corrected chi connectivity index (χ1v) is 6.60. The Morgan fingerprint density at radius 3 is 2.00 bits per heavy atom. The van der Waals surface area contributed by atoms with Crippen molar-refractivity contribution in [1.82, 2.24) is 61.9 Å². The van der Waals surface area contributed by atoms with E-state index >= 15 is 0 Å². The molecule has 0 aliphatic carbocycles. The van der Waals surface area contributed by atoms with Crippen molar-refractivity contribution in [3.63, 3.8) is 0 Å². The predicted molar refractivity (Wildman–Crippen MR) is 66.5 cm³/mol. The number of aromatic amines is 3. The zero-order valence-corrected chi connectivity index (χ0v) is 11.1. The Morgan fingerprint density at radius 2 is 1.38 bits per heavy atom. The minimum Gasteiger partial charge on any atom is -0.243 e. The minimum absolute atomic E-state index is 0.209. The molecule has 110 valence electrons. The summed E-state index contributed by atoms with van der Waals surface area (Å²) in [5.41, 5.74) is 0. The molecule has 0 spiro atoms. The Balaban J connectivity index is 1.54.